The summed E-state index contributed by atoms with van der Waals surface area (Å²) in [6.07, 6.45) is 7.34. The summed E-state index contributed by atoms with van der Waals surface area (Å²) < 4.78 is 19.2. The number of aliphatic hydroxyl groups is 1. The first-order valence-corrected chi connectivity index (χ1v) is 10.4. The van der Waals surface area contributed by atoms with E-state index in [9.17, 15) is 14.3 Å². The Bertz CT molecular complexity index is 852. The highest BCUT2D eigenvalue weighted by atomic mass is 19.1. The molecule has 6 heteroatoms. The average molecular weight is 398 g/mol. The van der Waals surface area contributed by atoms with Crippen LogP contribution in [-0.4, -0.2) is 35.3 Å². The Morgan fingerprint density at radius 2 is 1.93 bits per heavy atom. The monoisotopic (exact) mass is 398 g/mol. The number of hydrogen-bond donors (Lipinski definition) is 2. The van der Waals surface area contributed by atoms with Crippen LogP contribution < -0.4 is 10.1 Å². The second-order valence-electron chi connectivity index (χ2n) is 8.16. The van der Waals surface area contributed by atoms with Crippen molar-refractivity contribution in [3.05, 3.63) is 47.9 Å². The van der Waals surface area contributed by atoms with Gasteiger partial charge in [0.05, 0.1) is 18.3 Å². The molecule has 1 aromatic carbocycles. The van der Waals surface area contributed by atoms with Crippen LogP contribution >= 0.6 is 0 Å². The Labute approximate surface area is 170 Å². The zero-order valence-corrected chi connectivity index (χ0v) is 16.4. The molecule has 2 aromatic rings. The van der Waals surface area contributed by atoms with Gasteiger partial charge in [0.1, 0.15) is 5.82 Å². The van der Waals surface area contributed by atoms with Crippen molar-refractivity contribution in [3.8, 4) is 17.0 Å². The van der Waals surface area contributed by atoms with Crippen LogP contribution in [0, 0.1) is 17.7 Å². The van der Waals surface area contributed by atoms with Gasteiger partial charge >= 0.3 is 0 Å². The lowest BCUT2D eigenvalue weighted by molar-refractivity contribution is 0.0663. The van der Waals surface area contributed by atoms with E-state index in [-0.39, 0.29) is 23.7 Å². The van der Waals surface area contributed by atoms with Crippen molar-refractivity contribution in [3.63, 3.8) is 0 Å². The number of rotatable bonds is 7. The molecule has 29 heavy (non-hydrogen) atoms. The van der Waals surface area contributed by atoms with Crippen LogP contribution in [-0.2, 0) is 0 Å². The summed E-state index contributed by atoms with van der Waals surface area (Å²) >= 11 is 0. The van der Waals surface area contributed by atoms with E-state index in [1.54, 1.807) is 18.2 Å². The molecule has 1 aromatic heterocycles. The normalized spacial score (nSPS) is 21.6. The Morgan fingerprint density at radius 1 is 1.17 bits per heavy atom. The summed E-state index contributed by atoms with van der Waals surface area (Å²) in [4.78, 5) is 17.1. The Hall–Kier alpha value is -2.47. The first kappa shape index (κ1) is 19.8. The van der Waals surface area contributed by atoms with E-state index in [2.05, 4.69) is 10.3 Å². The van der Waals surface area contributed by atoms with Gasteiger partial charge in [-0.05, 0) is 55.4 Å². The molecule has 0 bridgehead atoms. The molecule has 2 aliphatic rings. The molecule has 1 amide bonds. The molecule has 154 valence electrons. The lowest BCUT2D eigenvalue weighted by atomic mass is 9.86. The highest BCUT2D eigenvalue weighted by molar-refractivity contribution is 5.95. The van der Waals surface area contributed by atoms with Gasteiger partial charge < -0.3 is 15.2 Å². The number of nitrogens with zero attached hydrogens (tertiary/aromatic N) is 1. The fraction of sp³-hybridized carbons (Fsp3) is 0.478. The Morgan fingerprint density at radius 3 is 2.66 bits per heavy atom. The van der Waals surface area contributed by atoms with Gasteiger partial charge in [0.2, 0.25) is 5.88 Å². The molecule has 2 fully saturated rings. The van der Waals surface area contributed by atoms with Gasteiger partial charge in [-0.1, -0.05) is 25.0 Å². The molecule has 0 saturated heterocycles. The predicted molar refractivity (Wildman–Crippen MR) is 108 cm³/mol. The number of nitrogens with one attached hydrogen (secondary N) is 1. The van der Waals surface area contributed by atoms with E-state index in [0.29, 0.717) is 36.1 Å². The molecule has 2 N–H and O–H groups in total. The lowest BCUT2D eigenvalue weighted by Crippen LogP contribution is -2.36. The Balaban J connectivity index is 1.51. The van der Waals surface area contributed by atoms with E-state index < -0.39 is 0 Å². The third-order valence-electron chi connectivity index (χ3n) is 5.81. The van der Waals surface area contributed by atoms with Gasteiger partial charge in [0.25, 0.3) is 5.91 Å². The minimum Gasteiger partial charge on any atom is -0.477 e. The molecule has 1 heterocycles. The van der Waals surface area contributed by atoms with Crippen LogP contribution in [0.3, 0.4) is 0 Å². The number of amides is 1. The number of aliphatic hydroxyl groups excluding tert-OH is 1. The molecule has 0 spiro atoms. The number of hydrogen-bond acceptors (Lipinski definition) is 4. The van der Waals surface area contributed by atoms with Gasteiger partial charge in [-0.15, -0.1) is 0 Å². The molecular formula is C23H27FN2O3. The van der Waals surface area contributed by atoms with Gasteiger partial charge in [-0.25, -0.2) is 9.37 Å². The first-order chi connectivity index (χ1) is 14.1. The highest BCUT2D eigenvalue weighted by Gasteiger charge is 2.25. The molecule has 0 radical (unpaired) electrons. The van der Waals surface area contributed by atoms with E-state index in [1.165, 1.54) is 31.2 Å². The predicted octanol–water partition coefficient (Wildman–Crippen LogP) is 3.96. The topological polar surface area (TPSA) is 71.5 Å². The van der Waals surface area contributed by atoms with Crippen LogP contribution in [0.1, 0.15) is 48.9 Å². The van der Waals surface area contributed by atoms with Crippen molar-refractivity contribution in [2.24, 2.45) is 11.8 Å². The maximum Gasteiger partial charge on any atom is 0.252 e. The quantitative estimate of drug-likeness (QED) is 0.741. The largest absolute Gasteiger partial charge is 0.477 e. The summed E-state index contributed by atoms with van der Waals surface area (Å²) in [6.45, 7) is 1.05. The number of carbonyl (C=O) groups excluding carboxylic acids is 1. The van der Waals surface area contributed by atoms with Gasteiger partial charge in [-0.2, -0.15) is 0 Å². The fourth-order valence-electron chi connectivity index (χ4n) is 3.76. The van der Waals surface area contributed by atoms with Crippen LogP contribution in [0.15, 0.2) is 36.5 Å². The van der Waals surface area contributed by atoms with Crippen molar-refractivity contribution >= 4 is 5.91 Å². The molecule has 4 rings (SSSR count). The zero-order valence-electron chi connectivity index (χ0n) is 16.4. The minimum atomic E-state index is -0.352. The van der Waals surface area contributed by atoms with Crippen molar-refractivity contribution in [2.75, 3.05) is 13.2 Å². The summed E-state index contributed by atoms with van der Waals surface area (Å²) in [6, 6.07) is 7.84. The summed E-state index contributed by atoms with van der Waals surface area (Å²) in [7, 11) is 0. The summed E-state index contributed by atoms with van der Waals surface area (Å²) in [5, 5.41) is 13.0. The molecule has 2 atom stereocenters. The molecule has 0 aliphatic heterocycles. The second-order valence-corrected chi connectivity index (χ2v) is 8.16. The number of aromatic nitrogens is 1. The number of benzene rings is 1. The van der Waals surface area contributed by atoms with Crippen LogP contribution in [0.4, 0.5) is 4.39 Å². The molecule has 2 unspecified atom stereocenters. The number of carbonyl (C=O) groups is 1. The molecule has 5 nitrogen and oxygen atoms in total. The number of pyridine rings is 1. The lowest BCUT2D eigenvalue weighted by Gasteiger charge is -2.27. The maximum absolute atomic E-state index is 13.3. The third-order valence-corrected chi connectivity index (χ3v) is 5.81. The van der Waals surface area contributed by atoms with E-state index in [0.717, 1.165) is 31.2 Å². The van der Waals surface area contributed by atoms with E-state index in [4.69, 9.17) is 4.74 Å². The van der Waals surface area contributed by atoms with Gasteiger partial charge in [0.15, 0.2) is 0 Å². The van der Waals surface area contributed by atoms with Crippen LogP contribution in [0.2, 0.25) is 0 Å². The standard InChI is InChI=1S/C23H27FN2O3/c24-19-9-7-16(8-10-19)20-11-18(13-26-23(20)29-14-15-5-6-15)22(28)25-12-17-3-1-2-4-21(17)27/h7-11,13,15,17,21,27H,1-6,12,14H2,(H,25,28). The smallest absolute Gasteiger partial charge is 0.252 e. The van der Waals surface area contributed by atoms with Crippen molar-refractivity contribution in [1.82, 2.24) is 10.3 Å². The molecule has 2 saturated carbocycles. The van der Waals surface area contributed by atoms with Crippen LogP contribution in [0.5, 0.6) is 5.88 Å². The SMILES string of the molecule is O=C(NCC1CCCCC1O)c1cnc(OCC2CC2)c(-c2ccc(F)cc2)c1. The zero-order chi connectivity index (χ0) is 20.2. The molecular weight excluding hydrogens is 371 g/mol. The van der Waals surface area contributed by atoms with Crippen molar-refractivity contribution in [1.29, 1.82) is 0 Å². The highest BCUT2D eigenvalue weighted by Crippen LogP contribution is 2.33. The first-order valence-electron chi connectivity index (χ1n) is 10.4. The van der Waals surface area contributed by atoms with E-state index in [1.807, 2.05) is 0 Å². The fourth-order valence-corrected chi connectivity index (χ4v) is 3.76. The second kappa shape index (κ2) is 8.91. The average Bonchev–Trinajstić information content (AvgIpc) is 3.56. The number of halogens is 1. The molecule has 2 aliphatic carbocycles. The number of ether oxygens (including phenoxy) is 1. The minimum absolute atomic E-state index is 0.0957. The van der Waals surface area contributed by atoms with Gasteiger partial charge in [-0.3, -0.25) is 4.79 Å². The third kappa shape index (κ3) is 5.12. The Kier molecular flexibility index (Phi) is 6.09. The maximum atomic E-state index is 13.3. The van der Waals surface area contributed by atoms with Crippen molar-refractivity contribution < 1.29 is 19.0 Å². The summed E-state index contributed by atoms with van der Waals surface area (Å²) in [5.74, 6) is 0.582. The van der Waals surface area contributed by atoms with E-state index >= 15 is 0 Å². The van der Waals surface area contributed by atoms with Crippen LogP contribution in [0.25, 0.3) is 11.1 Å². The summed E-state index contributed by atoms with van der Waals surface area (Å²) in [5.41, 5.74) is 1.85. The van der Waals surface area contributed by atoms with Crippen molar-refractivity contribution in [2.45, 2.75) is 44.6 Å². The van der Waals surface area contributed by atoms with Gasteiger partial charge in [0, 0.05) is 24.2 Å².